The van der Waals surface area contributed by atoms with E-state index in [0.717, 1.165) is 12.0 Å². The zero-order valence-electron chi connectivity index (χ0n) is 25.1. The lowest BCUT2D eigenvalue weighted by atomic mass is 9.87. The zero-order valence-corrected chi connectivity index (χ0v) is 25.9. The van der Waals surface area contributed by atoms with Crippen LogP contribution in [-0.4, -0.2) is 81.8 Å². The van der Waals surface area contributed by atoms with Crippen molar-refractivity contribution in [1.29, 1.82) is 0 Å². The Morgan fingerprint density at radius 3 is 2.70 bits per heavy atom. The summed E-state index contributed by atoms with van der Waals surface area (Å²) >= 11 is 0. The van der Waals surface area contributed by atoms with E-state index >= 15 is 0 Å². The second-order valence-electron chi connectivity index (χ2n) is 11.8. The van der Waals surface area contributed by atoms with Crippen LogP contribution in [0.25, 0.3) is 10.4 Å². The van der Waals surface area contributed by atoms with Crippen LogP contribution >= 0.6 is 0 Å². The van der Waals surface area contributed by atoms with E-state index in [4.69, 9.17) is 24.5 Å². The molecule has 3 atom stereocenters. The van der Waals surface area contributed by atoms with E-state index in [1.807, 2.05) is 44.2 Å². The third kappa shape index (κ3) is 9.47. The van der Waals surface area contributed by atoms with Crippen LogP contribution in [0.1, 0.15) is 45.1 Å². The van der Waals surface area contributed by atoms with E-state index < -0.39 is 33.7 Å². The van der Waals surface area contributed by atoms with Gasteiger partial charge in [0.15, 0.2) is 11.5 Å². The highest BCUT2D eigenvalue weighted by molar-refractivity contribution is 7.89. The highest BCUT2D eigenvalue weighted by Crippen LogP contribution is 2.36. The second kappa shape index (κ2) is 15.4. The van der Waals surface area contributed by atoms with Gasteiger partial charge in [-0.2, -0.15) is 4.31 Å². The smallest absolute Gasteiger partial charge is 0.407 e. The number of benzene rings is 2. The Morgan fingerprint density at radius 1 is 1.20 bits per heavy atom. The fraction of sp³-hybridized carbons (Fsp3) is 0.567. The maximum Gasteiger partial charge on any atom is 0.407 e. The summed E-state index contributed by atoms with van der Waals surface area (Å²) in [5.74, 6) is 0.778. The number of aliphatic hydroxyl groups excluding tert-OH is 1. The molecule has 2 aromatic rings. The molecular formula is C30H41N5O8S. The number of fused-ring (bicyclic) bond motifs is 1. The van der Waals surface area contributed by atoms with E-state index in [1.54, 1.807) is 6.07 Å². The molecule has 2 unspecified atom stereocenters. The molecule has 0 saturated carbocycles. The minimum atomic E-state index is -4.13. The number of amides is 1. The molecule has 2 N–H and O–H groups in total. The number of nitrogens with zero attached hydrogens (tertiary/aromatic N) is 4. The van der Waals surface area contributed by atoms with Crippen molar-refractivity contribution in [3.05, 3.63) is 64.5 Å². The summed E-state index contributed by atoms with van der Waals surface area (Å²) in [6.45, 7) is 4.88. The fourth-order valence-electron chi connectivity index (χ4n) is 5.25. The number of unbranched alkanes of at least 4 members (excludes halogenated alkanes) is 1. The number of alkyl carbamates (subject to hydrolysis) is 1. The molecule has 2 aromatic carbocycles. The first-order valence-electron chi connectivity index (χ1n) is 14.7. The number of carbonyl (C=O) groups excluding carboxylic acids is 1. The number of nitrogens with one attached hydrogen (secondary N) is 1. The van der Waals surface area contributed by atoms with Gasteiger partial charge in [0.05, 0.1) is 30.3 Å². The topological polar surface area (TPSA) is 172 Å². The SMILES string of the molecule is CC(C)(CCCCN=[N+]=[N-])CN(CC(O)[C@H](Cc1ccccc1)NC(=O)OC1CCOC1)S(=O)(=O)c1ccc2c(c1)OCO2. The maximum atomic E-state index is 14.1. The van der Waals surface area contributed by atoms with Crippen molar-refractivity contribution in [3.63, 3.8) is 0 Å². The number of hydrogen-bond donors (Lipinski definition) is 2. The van der Waals surface area contributed by atoms with Crippen molar-refractivity contribution in [1.82, 2.24) is 9.62 Å². The van der Waals surface area contributed by atoms with Gasteiger partial charge >= 0.3 is 6.09 Å². The van der Waals surface area contributed by atoms with Gasteiger partial charge in [-0.25, -0.2) is 13.2 Å². The van der Waals surface area contributed by atoms with Gasteiger partial charge in [-0.15, -0.1) is 0 Å². The molecule has 1 saturated heterocycles. The van der Waals surface area contributed by atoms with Crippen molar-refractivity contribution in [2.45, 2.75) is 69.1 Å². The van der Waals surface area contributed by atoms with Gasteiger partial charge in [-0.05, 0) is 47.9 Å². The molecule has 1 fully saturated rings. The third-order valence-corrected chi connectivity index (χ3v) is 9.44. The van der Waals surface area contributed by atoms with E-state index in [-0.39, 0.29) is 37.3 Å². The van der Waals surface area contributed by atoms with Gasteiger partial charge in [-0.3, -0.25) is 0 Å². The van der Waals surface area contributed by atoms with Crippen LogP contribution in [0.5, 0.6) is 11.5 Å². The molecule has 2 heterocycles. The first-order chi connectivity index (χ1) is 21.1. The first kappa shape index (κ1) is 33.3. The summed E-state index contributed by atoms with van der Waals surface area (Å²) in [4.78, 5) is 15.6. The first-order valence-corrected chi connectivity index (χ1v) is 16.2. The van der Waals surface area contributed by atoms with Crippen molar-refractivity contribution in [2.75, 3.05) is 39.6 Å². The summed E-state index contributed by atoms with van der Waals surface area (Å²) in [6.07, 6.45) is 0.505. The van der Waals surface area contributed by atoms with Crippen LogP contribution in [0.15, 0.2) is 58.5 Å². The number of aliphatic hydroxyl groups is 1. The molecule has 2 aliphatic heterocycles. The van der Waals surface area contributed by atoms with Gasteiger partial charge in [-0.1, -0.05) is 55.7 Å². The summed E-state index contributed by atoms with van der Waals surface area (Å²) in [5, 5.41) is 17.9. The maximum absolute atomic E-state index is 14.1. The largest absolute Gasteiger partial charge is 0.454 e. The molecule has 0 aliphatic carbocycles. The van der Waals surface area contributed by atoms with E-state index in [0.29, 0.717) is 50.5 Å². The van der Waals surface area contributed by atoms with Gasteiger partial charge in [0.2, 0.25) is 16.8 Å². The van der Waals surface area contributed by atoms with Crippen LogP contribution < -0.4 is 14.8 Å². The van der Waals surface area contributed by atoms with E-state index in [1.165, 1.54) is 16.4 Å². The number of sulfonamides is 1. The van der Waals surface area contributed by atoms with Crippen LogP contribution in [-0.2, 0) is 25.9 Å². The molecule has 0 bridgehead atoms. The van der Waals surface area contributed by atoms with Crippen LogP contribution in [0.3, 0.4) is 0 Å². The van der Waals surface area contributed by atoms with Gasteiger partial charge in [0.1, 0.15) is 6.10 Å². The number of rotatable bonds is 16. The minimum absolute atomic E-state index is 0.0000574. The van der Waals surface area contributed by atoms with Crippen molar-refractivity contribution < 1.29 is 37.3 Å². The normalized spacial score (nSPS) is 17.6. The molecular weight excluding hydrogens is 590 g/mol. The Bertz CT molecular complexity index is 1400. The number of ether oxygens (including phenoxy) is 4. The fourth-order valence-corrected chi connectivity index (χ4v) is 6.91. The summed E-state index contributed by atoms with van der Waals surface area (Å²) < 4.78 is 51.1. The Kier molecular flexibility index (Phi) is 11.7. The Morgan fingerprint density at radius 2 is 1.98 bits per heavy atom. The summed E-state index contributed by atoms with van der Waals surface area (Å²) in [7, 11) is -4.13. The molecule has 2 aliphatic rings. The predicted octanol–water partition coefficient (Wildman–Crippen LogP) is 4.40. The number of carbonyl (C=O) groups is 1. The van der Waals surface area contributed by atoms with E-state index in [9.17, 15) is 18.3 Å². The lowest BCUT2D eigenvalue weighted by molar-refractivity contribution is 0.0623. The van der Waals surface area contributed by atoms with Crippen molar-refractivity contribution in [3.8, 4) is 11.5 Å². The number of azide groups is 1. The molecule has 0 aromatic heterocycles. The van der Waals surface area contributed by atoms with Gasteiger partial charge in [0.25, 0.3) is 0 Å². The number of hydrogen-bond acceptors (Lipinski definition) is 9. The molecule has 240 valence electrons. The second-order valence-corrected chi connectivity index (χ2v) is 13.7. The van der Waals surface area contributed by atoms with Crippen molar-refractivity contribution >= 4 is 16.1 Å². The van der Waals surface area contributed by atoms with E-state index in [2.05, 4.69) is 15.3 Å². The molecule has 0 spiro atoms. The highest BCUT2D eigenvalue weighted by Gasteiger charge is 2.36. The molecule has 44 heavy (non-hydrogen) atoms. The monoisotopic (exact) mass is 631 g/mol. The average Bonchev–Trinajstić information content (AvgIpc) is 3.68. The lowest BCUT2D eigenvalue weighted by Crippen LogP contribution is -2.52. The highest BCUT2D eigenvalue weighted by atomic mass is 32.2. The quantitative estimate of drug-likeness (QED) is 0.119. The van der Waals surface area contributed by atoms with Crippen LogP contribution in [0.4, 0.5) is 4.79 Å². The molecule has 13 nitrogen and oxygen atoms in total. The van der Waals surface area contributed by atoms with Gasteiger partial charge < -0.3 is 29.4 Å². The van der Waals surface area contributed by atoms with Crippen LogP contribution in [0.2, 0.25) is 0 Å². The molecule has 4 rings (SSSR count). The molecule has 14 heteroatoms. The average molecular weight is 632 g/mol. The minimum Gasteiger partial charge on any atom is -0.454 e. The Balaban J connectivity index is 1.57. The molecule has 0 radical (unpaired) electrons. The standard InChI is InChI=1S/C30H41N5O8S/c1-30(2,13-6-7-14-32-34-31)20-35(44(38,39)24-10-11-27-28(17-24)42-21-41-27)18-26(36)25(16-22-8-4-3-5-9-22)33-29(37)43-23-12-15-40-19-23/h3-5,8-11,17,23,25-26,36H,6-7,12-16,18-21H2,1-2H3,(H,33,37)/t23?,25-,26?/m0/s1. The molecule has 1 amide bonds. The van der Waals surface area contributed by atoms with Crippen LogP contribution in [0, 0.1) is 5.41 Å². The predicted molar refractivity (Wildman–Crippen MR) is 162 cm³/mol. The Labute approximate surface area is 258 Å². The summed E-state index contributed by atoms with van der Waals surface area (Å²) in [5.41, 5.74) is 8.91. The van der Waals surface area contributed by atoms with Crippen molar-refractivity contribution in [2.24, 2.45) is 10.5 Å². The third-order valence-electron chi connectivity index (χ3n) is 7.63. The van der Waals surface area contributed by atoms with Gasteiger partial charge in [0, 0.05) is 37.0 Å². The zero-order chi connectivity index (χ0) is 31.6. The summed E-state index contributed by atoms with van der Waals surface area (Å²) in [6, 6.07) is 12.9. The Hall–Kier alpha value is -3.55. The lowest BCUT2D eigenvalue weighted by Gasteiger charge is -2.35.